The Morgan fingerprint density at radius 2 is 1.76 bits per heavy atom. The van der Waals surface area contributed by atoms with Crippen LogP contribution in [0, 0.1) is 0 Å². The van der Waals surface area contributed by atoms with E-state index in [1.165, 1.54) is 37.5 Å². The predicted molar refractivity (Wildman–Crippen MR) is 143 cm³/mol. The van der Waals surface area contributed by atoms with E-state index in [0.29, 0.717) is 27.8 Å². The molecule has 0 aromatic heterocycles. The van der Waals surface area contributed by atoms with Crippen molar-refractivity contribution in [3.8, 4) is 11.5 Å². The zero-order valence-electron chi connectivity index (χ0n) is 19.2. The standard InChI is InChI=1S/C26H18Cl2N2O6S/c1-35-22-11-15(4-9-21(22)36-13-14-2-5-16(6-3-14)25(33)34)10-18-23(31)29-26(37)30(24(18)32)17-7-8-19(27)20(28)12-17/h2-12H,13H2,1H3,(H,33,34)(H,29,31,37)/b18-10-. The number of halogens is 2. The van der Waals surface area contributed by atoms with Gasteiger partial charge in [0.15, 0.2) is 16.6 Å². The average molecular weight is 557 g/mol. The Morgan fingerprint density at radius 3 is 2.41 bits per heavy atom. The van der Waals surface area contributed by atoms with E-state index in [-0.39, 0.29) is 27.9 Å². The maximum absolute atomic E-state index is 13.2. The number of benzene rings is 3. The number of ether oxygens (including phenoxy) is 2. The summed E-state index contributed by atoms with van der Waals surface area (Å²) in [5, 5.41) is 12.0. The second kappa shape index (κ2) is 11.0. The number of carboxylic acid groups (broad SMARTS) is 1. The first-order valence-corrected chi connectivity index (χ1v) is 11.8. The first-order valence-electron chi connectivity index (χ1n) is 10.7. The first-order chi connectivity index (χ1) is 17.7. The molecule has 0 spiro atoms. The smallest absolute Gasteiger partial charge is 0.335 e. The monoisotopic (exact) mass is 556 g/mol. The van der Waals surface area contributed by atoms with E-state index in [1.807, 2.05) is 0 Å². The molecule has 11 heteroatoms. The molecule has 0 atom stereocenters. The number of nitrogens with one attached hydrogen (secondary N) is 1. The Morgan fingerprint density at radius 1 is 1.03 bits per heavy atom. The highest BCUT2D eigenvalue weighted by molar-refractivity contribution is 7.80. The van der Waals surface area contributed by atoms with Crippen LogP contribution in [0.4, 0.5) is 5.69 Å². The van der Waals surface area contributed by atoms with Crippen molar-refractivity contribution >= 4 is 70.1 Å². The van der Waals surface area contributed by atoms with Crippen molar-refractivity contribution in [1.82, 2.24) is 5.32 Å². The highest BCUT2D eigenvalue weighted by Crippen LogP contribution is 2.32. The molecule has 0 radical (unpaired) electrons. The van der Waals surface area contributed by atoms with Gasteiger partial charge in [-0.15, -0.1) is 0 Å². The predicted octanol–water partition coefficient (Wildman–Crippen LogP) is 5.11. The molecule has 0 aliphatic carbocycles. The minimum Gasteiger partial charge on any atom is -0.493 e. The van der Waals surface area contributed by atoms with Crippen LogP contribution in [0.25, 0.3) is 6.08 Å². The summed E-state index contributed by atoms with van der Waals surface area (Å²) in [6.45, 7) is 0.174. The van der Waals surface area contributed by atoms with E-state index in [9.17, 15) is 14.4 Å². The van der Waals surface area contributed by atoms with E-state index < -0.39 is 17.8 Å². The molecule has 2 N–H and O–H groups in total. The van der Waals surface area contributed by atoms with Gasteiger partial charge in [0.2, 0.25) is 0 Å². The topological polar surface area (TPSA) is 105 Å². The van der Waals surface area contributed by atoms with Gasteiger partial charge in [0.25, 0.3) is 11.8 Å². The normalized spacial score (nSPS) is 14.5. The number of hydrogen-bond donors (Lipinski definition) is 2. The van der Waals surface area contributed by atoms with Gasteiger partial charge in [-0.2, -0.15) is 0 Å². The molecule has 3 aromatic rings. The van der Waals surface area contributed by atoms with Crippen LogP contribution >= 0.6 is 35.4 Å². The number of carboxylic acids is 1. The molecule has 37 heavy (non-hydrogen) atoms. The van der Waals surface area contributed by atoms with Crippen molar-refractivity contribution < 1.29 is 29.0 Å². The Labute approximate surface area is 227 Å². The number of methoxy groups -OCH3 is 1. The number of aromatic carboxylic acids is 1. The summed E-state index contributed by atoms with van der Waals surface area (Å²) in [6, 6.07) is 15.8. The summed E-state index contributed by atoms with van der Waals surface area (Å²) >= 11 is 17.3. The maximum atomic E-state index is 13.2. The molecule has 0 unspecified atom stereocenters. The fourth-order valence-electron chi connectivity index (χ4n) is 3.48. The summed E-state index contributed by atoms with van der Waals surface area (Å²) in [5.41, 5.74) is 1.66. The van der Waals surface area contributed by atoms with E-state index >= 15 is 0 Å². The molecule has 188 valence electrons. The lowest BCUT2D eigenvalue weighted by Gasteiger charge is -2.29. The highest BCUT2D eigenvalue weighted by atomic mass is 35.5. The van der Waals surface area contributed by atoms with Crippen molar-refractivity contribution in [2.75, 3.05) is 12.0 Å². The molecule has 1 aliphatic heterocycles. The van der Waals surface area contributed by atoms with Gasteiger partial charge in [-0.3, -0.25) is 19.8 Å². The van der Waals surface area contributed by atoms with Crippen LogP contribution in [0.3, 0.4) is 0 Å². The van der Waals surface area contributed by atoms with Crippen molar-refractivity contribution in [3.63, 3.8) is 0 Å². The molecule has 1 heterocycles. The van der Waals surface area contributed by atoms with Crippen molar-refractivity contribution in [2.24, 2.45) is 0 Å². The minimum atomic E-state index is -1.01. The molecule has 1 aliphatic rings. The number of nitrogens with zero attached hydrogens (tertiary/aromatic N) is 1. The lowest BCUT2D eigenvalue weighted by atomic mass is 10.1. The molecular weight excluding hydrogens is 539 g/mol. The van der Waals surface area contributed by atoms with Gasteiger partial charge in [-0.1, -0.05) is 41.4 Å². The van der Waals surface area contributed by atoms with Gasteiger partial charge in [0.05, 0.1) is 28.4 Å². The van der Waals surface area contributed by atoms with E-state index in [1.54, 1.807) is 36.4 Å². The second-order valence-corrected chi connectivity index (χ2v) is 8.96. The van der Waals surface area contributed by atoms with Gasteiger partial charge in [0, 0.05) is 0 Å². The fraction of sp³-hybridized carbons (Fsp3) is 0.0769. The Kier molecular flexibility index (Phi) is 7.77. The van der Waals surface area contributed by atoms with Crippen LogP contribution in [0.15, 0.2) is 66.2 Å². The van der Waals surface area contributed by atoms with Crippen LogP contribution < -0.4 is 19.7 Å². The van der Waals surface area contributed by atoms with Gasteiger partial charge >= 0.3 is 5.97 Å². The van der Waals surface area contributed by atoms with Crippen LogP contribution in [-0.2, 0) is 16.2 Å². The zero-order valence-corrected chi connectivity index (χ0v) is 21.5. The number of hydrogen-bond acceptors (Lipinski definition) is 6. The number of anilines is 1. The van der Waals surface area contributed by atoms with E-state index in [4.69, 9.17) is 50.0 Å². The quantitative estimate of drug-likeness (QED) is 0.236. The van der Waals surface area contributed by atoms with Gasteiger partial charge < -0.3 is 14.6 Å². The molecule has 4 rings (SSSR count). The highest BCUT2D eigenvalue weighted by Gasteiger charge is 2.34. The molecule has 2 amide bonds. The van der Waals surface area contributed by atoms with Crippen molar-refractivity contribution in [3.05, 3.63) is 93.0 Å². The Hall–Kier alpha value is -3.92. The summed E-state index contributed by atoms with van der Waals surface area (Å²) < 4.78 is 11.2. The number of amides is 2. The third kappa shape index (κ3) is 5.75. The lowest BCUT2D eigenvalue weighted by molar-refractivity contribution is -0.122. The molecule has 0 bridgehead atoms. The van der Waals surface area contributed by atoms with Gasteiger partial charge in [0.1, 0.15) is 12.2 Å². The van der Waals surface area contributed by atoms with E-state index in [0.717, 1.165) is 10.5 Å². The summed E-state index contributed by atoms with van der Waals surface area (Å²) in [6.07, 6.45) is 1.42. The first kappa shape index (κ1) is 26.2. The van der Waals surface area contributed by atoms with Crippen LogP contribution in [0.2, 0.25) is 10.0 Å². The number of carbonyl (C=O) groups excluding carboxylic acids is 2. The molecule has 1 saturated heterocycles. The summed E-state index contributed by atoms with van der Waals surface area (Å²) in [7, 11) is 1.46. The molecule has 3 aromatic carbocycles. The molecule has 8 nitrogen and oxygen atoms in total. The molecular formula is C26H18Cl2N2O6S. The van der Waals surface area contributed by atoms with Crippen molar-refractivity contribution in [1.29, 1.82) is 0 Å². The molecule has 1 fully saturated rings. The van der Waals surface area contributed by atoms with Gasteiger partial charge in [-0.25, -0.2) is 4.79 Å². The average Bonchev–Trinajstić information content (AvgIpc) is 2.87. The number of carbonyl (C=O) groups is 3. The third-order valence-corrected chi connectivity index (χ3v) is 6.38. The number of thiocarbonyl (C=S) groups is 1. The minimum absolute atomic E-state index is 0.0803. The van der Waals surface area contributed by atoms with Crippen molar-refractivity contribution in [2.45, 2.75) is 6.61 Å². The largest absolute Gasteiger partial charge is 0.493 e. The third-order valence-electron chi connectivity index (χ3n) is 5.36. The van der Waals surface area contributed by atoms with Crippen LogP contribution in [-0.4, -0.2) is 35.1 Å². The second-order valence-electron chi connectivity index (χ2n) is 7.76. The summed E-state index contributed by atoms with van der Waals surface area (Å²) in [5.74, 6) is -1.49. The maximum Gasteiger partial charge on any atom is 0.335 e. The van der Waals surface area contributed by atoms with Gasteiger partial charge in [-0.05, 0) is 71.9 Å². The zero-order chi connectivity index (χ0) is 26.7. The molecule has 0 saturated carbocycles. The summed E-state index contributed by atoms with van der Waals surface area (Å²) in [4.78, 5) is 38.0. The number of rotatable bonds is 7. The fourth-order valence-corrected chi connectivity index (χ4v) is 4.05. The van der Waals surface area contributed by atoms with Crippen LogP contribution in [0.5, 0.6) is 11.5 Å². The van der Waals surface area contributed by atoms with E-state index in [2.05, 4.69) is 5.32 Å². The Bertz CT molecular complexity index is 1460. The SMILES string of the molecule is COc1cc(/C=C2/C(=O)NC(=S)N(c3ccc(Cl)c(Cl)c3)C2=O)ccc1OCc1ccc(C(=O)O)cc1. The van der Waals surface area contributed by atoms with Crippen LogP contribution in [0.1, 0.15) is 21.5 Å². The lowest BCUT2D eigenvalue weighted by Crippen LogP contribution is -2.54. The Balaban J connectivity index is 1.57.